The molecule has 5 rings (SSSR count). The number of urea groups is 1. The van der Waals surface area contributed by atoms with Gasteiger partial charge < -0.3 is 15.0 Å². The van der Waals surface area contributed by atoms with Gasteiger partial charge in [0.05, 0.1) is 13.7 Å². The second kappa shape index (κ2) is 8.40. The van der Waals surface area contributed by atoms with Gasteiger partial charge in [0.1, 0.15) is 18.3 Å². The van der Waals surface area contributed by atoms with Gasteiger partial charge in [-0.05, 0) is 17.7 Å². The van der Waals surface area contributed by atoms with Crippen molar-refractivity contribution in [1.29, 1.82) is 0 Å². The summed E-state index contributed by atoms with van der Waals surface area (Å²) >= 11 is 0. The molecule has 0 unspecified atom stereocenters. The molecule has 1 saturated heterocycles. The smallest absolute Gasteiger partial charge is 0.346 e. The van der Waals surface area contributed by atoms with Crippen LogP contribution in [0.15, 0.2) is 66.9 Å². The SMILES string of the molecule is COC(=O)[C@@H]1c2nn(C(=O)Nc3ccccc3)cc2[C@H]2CN1C(=O)N2OCc1ccccc1. The van der Waals surface area contributed by atoms with Crippen molar-refractivity contribution in [3.05, 3.63) is 83.7 Å². The summed E-state index contributed by atoms with van der Waals surface area (Å²) in [4.78, 5) is 45.7. The second-order valence-corrected chi connectivity index (χ2v) is 7.67. The highest BCUT2D eigenvalue weighted by molar-refractivity contribution is 5.91. The molecule has 3 amide bonds. The minimum Gasteiger partial charge on any atom is -0.467 e. The van der Waals surface area contributed by atoms with Crippen molar-refractivity contribution < 1.29 is 24.0 Å². The third-order valence-electron chi connectivity index (χ3n) is 5.66. The van der Waals surface area contributed by atoms with Gasteiger partial charge in [0.2, 0.25) is 0 Å². The first-order valence-corrected chi connectivity index (χ1v) is 10.4. The minimum absolute atomic E-state index is 0.178. The van der Waals surface area contributed by atoms with Crippen LogP contribution >= 0.6 is 0 Å². The summed E-state index contributed by atoms with van der Waals surface area (Å²) in [7, 11) is 1.25. The third-order valence-corrected chi connectivity index (χ3v) is 5.66. The number of anilines is 1. The number of para-hydroxylation sites is 1. The van der Waals surface area contributed by atoms with E-state index in [0.29, 0.717) is 16.9 Å². The predicted molar refractivity (Wildman–Crippen MR) is 116 cm³/mol. The molecule has 10 nitrogen and oxygen atoms in total. The van der Waals surface area contributed by atoms with Crippen molar-refractivity contribution in [1.82, 2.24) is 19.7 Å². The Hall–Kier alpha value is -4.18. The molecule has 2 bridgehead atoms. The van der Waals surface area contributed by atoms with Crippen LogP contribution in [0.25, 0.3) is 0 Å². The zero-order chi connectivity index (χ0) is 22.9. The number of methoxy groups -OCH3 is 1. The van der Waals surface area contributed by atoms with Gasteiger partial charge in [-0.1, -0.05) is 48.5 Å². The Kier molecular flexibility index (Phi) is 5.27. The van der Waals surface area contributed by atoms with E-state index in [1.807, 2.05) is 36.4 Å². The topological polar surface area (TPSA) is 106 Å². The van der Waals surface area contributed by atoms with Crippen molar-refractivity contribution in [2.75, 3.05) is 19.0 Å². The molecule has 0 spiro atoms. The number of rotatable bonds is 5. The van der Waals surface area contributed by atoms with Crippen molar-refractivity contribution in [2.45, 2.75) is 18.7 Å². The highest BCUT2D eigenvalue weighted by atomic mass is 16.7. The van der Waals surface area contributed by atoms with E-state index < -0.39 is 30.1 Å². The fourth-order valence-electron chi connectivity index (χ4n) is 4.08. The molecule has 0 saturated carbocycles. The summed E-state index contributed by atoms with van der Waals surface area (Å²) in [5.41, 5.74) is 2.35. The van der Waals surface area contributed by atoms with E-state index in [-0.39, 0.29) is 13.2 Å². The highest BCUT2D eigenvalue weighted by Crippen LogP contribution is 2.44. The van der Waals surface area contributed by atoms with Crippen LogP contribution in [-0.4, -0.2) is 51.4 Å². The van der Waals surface area contributed by atoms with Gasteiger partial charge in [0.15, 0.2) is 6.04 Å². The molecule has 33 heavy (non-hydrogen) atoms. The molecular weight excluding hydrogens is 426 g/mol. The molecular formula is C23H21N5O5. The molecule has 0 aliphatic carbocycles. The summed E-state index contributed by atoms with van der Waals surface area (Å²) in [6, 6.07) is 15.9. The highest BCUT2D eigenvalue weighted by Gasteiger charge is 2.53. The maximum absolute atomic E-state index is 13.1. The van der Waals surface area contributed by atoms with Gasteiger partial charge in [0.25, 0.3) is 0 Å². The van der Waals surface area contributed by atoms with Crippen LogP contribution in [0.3, 0.4) is 0 Å². The molecule has 2 atom stereocenters. The first kappa shape index (κ1) is 20.7. The van der Waals surface area contributed by atoms with Gasteiger partial charge >= 0.3 is 18.0 Å². The van der Waals surface area contributed by atoms with Crippen molar-refractivity contribution in [3.63, 3.8) is 0 Å². The molecule has 3 aromatic rings. The van der Waals surface area contributed by atoms with Gasteiger partial charge in [0, 0.05) is 17.4 Å². The predicted octanol–water partition coefficient (Wildman–Crippen LogP) is 3.10. The number of hydrogen-bond donors (Lipinski definition) is 1. The van der Waals surface area contributed by atoms with E-state index >= 15 is 0 Å². The monoisotopic (exact) mass is 447 g/mol. The number of ether oxygens (including phenoxy) is 1. The summed E-state index contributed by atoms with van der Waals surface area (Å²) in [5, 5.41) is 8.36. The van der Waals surface area contributed by atoms with Crippen LogP contribution in [0.5, 0.6) is 0 Å². The van der Waals surface area contributed by atoms with Gasteiger partial charge in [-0.25, -0.2) is 14.4 Å². The number of nitrogens with zero attached hydrogens (tertiary/aromatic N) is 4. The summed E-state index contributed by atoms with van der Waals surface area (Å²) in [6.07, 6.45) is 1.53. The summed E-state index contributed by atoms with van der Waals surface area (Å²) in [5.74, 6) is -0.637. The minimum atomic E-state index is -1.06. The Bertz CT molecular complexity index is 1200. The van der Waals surface area contributed by atoms with Gasteiger partial charge in [-0.15, -0.1) is 0 Å². The fourth-order valence-corrected chi connectivity index (χ4v) is 4.08. The molecule has 2 aliphatic heterocycles. The number of amides is 3. The number of carbonyl (C=O) groups excluding carboxylic acids is 3. The van der Waals surface area contributed by atoms with Crippen molar-refractivity contribution >= 4 is 23.7 Å². The van der Waals surface area contributed by atoms with Gasteiger partial charge in [-0.3, -0.25) is 4.84 Å². The Labute approximate surface area is 189 Å². The number of aromatic nitrogens is 2. The van der Waals surface area contributed by atoms with E-state index in [9.17, 15) is 14.4 Å². The second-order valence-electron chi connectivity index (χ2n) is 7.67. The lowest BCUT2D eigenvalue weighted by molar-refractivity contribution is -0.146. The van der Waals surface area contributed by atoms with Crippen molar-refractivity contribution in [2.24, 2.45) is 0 Å². The molecule has 3 heterocycles. The lowest BCUT2D eigenvalue weighted by atomic mass is 9.98. The molecule has 0 radical (unpaired) electrons. The lowest BCUT2D eigenvalue weighted by Gasteiger charge is -2.27. The van der Waals surface area contributed by atoms with E-state index in [4.69, 9.17) is 9.57 Å². The van der Waals surface area contributed by atoms with E-state index in [1.54, 1.807) is 24.3 Å². The quantitative estimate of drug-likeness (QED) is 0.603. The zero-order valence-electron chi connectivity index (χ0n) is 17.7. The fraction of sp³-hybridized carbons (Fsp3) is 0.217. The first-order valence-electron chi connectivity index (χ1n) is 10.4. The Balaban J connectivity index is 1.45. The number of benzene rings is 2. The standard InChI is InChI=1S/C23H21N5O5/c1-32-21(29)20-19-17(12-27(25-19)22(30)24-16-10-6-3-7-11-16)18-13-26(20)23(31)28(18)33-14-15-8-4-2-5-9-15/h2-12,18,20H,13-14H2,1H3,(H,24,30)/t18-,20+/m1/s1. The first-order chi connectivity index (χ1) is 16.1. The van der Waals surface area contributed by atoms with Crippen LogP contribution in [0.2, 0.25) is 0 Å². The van der Waals surface area contributed by atoms with Gasteiger partial charge in [-0.2, -0.15) is 14.8 Å². The maximum Gasteiger partial charge on any atom is 0.346 e. The molecule has 1 N–H and O–H groups in total. The third kappa shape index (κ3) is 3.70. The maximum atomic E-state index is 13.1. The molecule has 2 aromatic carbocycles. The van der Waals surface area contributed by atoms with E-state index in [1.165, 1.54) is 23.3 Å². The number of carbonyl (C=O) groups is 3. The van der Waals surface area contributed by atoms with E-state index in [0.717, 1.165) is 10.2 Å². The largest absolute Gasteiger partial charge is 0.467 e. The van der Waals surface area contributed by atoms with Crippen LogP contribution in [-0.2, 0) is 21.0 Å². The molecule has 1 aromatic heterocycles. The summed E-state index contributed by atoms with van der Waals surface area (Å²) in [6.45, 7) is 0.393. The lowest BCUT2D eigenvalue weighted by Crippen LogP contribution is -2.39. The number of fused-ring (bicyclic) bond motifs is 4. The summed E-state index contributed by atoms with van der Waals surface area (Å²) < 4.78 is 6.07. The zero-order valence-corrected chi connectivity index (χ0v) is 17.7. The molecule has 168 valence electrons. The van der Waals surface area contributed by atoms with Crippen LogP contribution in [0.1, 0.15) is 28.9 Å². The van der Waals surface area contributed by atoms with Crippen LogP contribution in [0.4, 0.5) is 15.3 Å². The van der Waals surface area contributed by atoms with Crippen molar-refractivity contribution in [3.8, 4) is 0 Å². The van der Waals surface area contributed by atoms with E-state index in [2.05, 4.69) is 10.4 Å². The molecule has 2 aliphatic rings. The number of esters is 1. The normalized spacial score (nSPS) is 18.8. The number of hydrogen-bond acceptors (Lipinski definition) is 6. The average molecular weight is 447 g/mol. The number of hydroxylamine groups is 2. The Morgan fingerprint density at radius 2 is 1.79 bits per heavy atom. The van der Waals surface area contributed by atoms with Crippen LogP contribution < -0.4 is 5.32 Å². The molecule has 1 fully saturated rings. The Morgan fingerprint density at radius 1 is 1.09 bits per heavy atom. The average Bonchev–Trinajstić information content (AvgIpc) is 3.40. The number of nitrogens with one attached hydrogen (secondary N) is 1. The van der Waals surface area contributed by atoms with Crippen LogP contribution in [0, 0.1) is 0 Å². The molecule has 10 heteroatoms. The Morgan fingerprint density at radius 3 is 2.48 bits per heavy atom.